The maximum Gasteiger partial charge on any atom is 0.259 e. The Kier molecular flexibility index (Phi) is 4.94. The molecule has 0 radical (unpaired) electrons. The molecular formula is C22H27N3O4. The van der Waals surface area contributed by atoms with Gasteiger partial charge in [-0.3, -0.25) is 9.59 Å². The van der Waals surface area contributed by atoms with Crippen LogP contribution in [0.15, 0.2) is 34.9 Å². The largest absolute Gasteiger partial charge is 0.361 e. The van der Waals surface area contributed by atoms with Gasteiger partial charge in [-0.25, -0.2) is 0 Å². The first kappa shape index (κ1) is 19.6. The van der Waals surface area contributed by atoms with E-state index in [9.17, 15) is 9.59 Å². The molecule has 2 unspecified atom stereocenters. The number of carbonyl (C=O) groups is 2. The molecule has 0 aliphatic carbocycles. The Bertz CT molecular complexity index is 904. The van der Waals surface area contributed by atoms with E-state index < -0.39 is 5.60 Å². The van der Waals surface area contributed by atoms with Crippen molar-refractivity contribution in [1.29, 1.82) is 0 Å². The molecule has 1 aromatic heterocycles. The molecule has 29 heavy (non-hydrogen) atoms. The molecule has 3 heterocycles. The Hall–Kier alpha value is -2.67. The molecule has 154 valence electrons. The molecule has 7 nitrogen and oxygen atoms in total. The van der Waals surface area contributed by atoms with E-state index in [0.29, 0.717) is 36.7 Å². The lowest BCUT2D eigenvalue weighted by molar-refractivity contribution is -0.160. The van der Waals surface area contributed by atoms with Crippen molar-refractivity contribution in [3.63, 3.8) is 0 Å². The molecule has 4 rings (SSSR count). The van der Waals surface area contributed by atoms with Crippen LogP contribution in [0.5, 0.6) is 0 Å². The summed E-state index contributed by atoms with van der Waals surface area (Å²) in [5.74, 6) is 0.150. The maximum absolute atomic E-state index is 13.5. The van der Waals surface area contributed by atoms with Crippen molar-refractivity contribution < 1.29 is 18.8 Å². The molecule has 1 spiro atoms. The minimum Gasteiger partial charge on any atom is -0.361 e. The van der Waals surface area contributed by atoms with Gasteiger partial charge in [0.1, 0.15) is 11.3 Å². The van der Waals surface area contributed by atoms with Gasteiger partial charge in [0.25, 0.3) is 11.8 Å². The van der Waals surface area contributed by atoms with Gasteiger partial charge in [0.15, 0.2) is 5.60 Å². The second-order valence-corrected chi connectivity index (χ2v) is 8.18. The van der Waals surface area contributed by atoms with Crippen LogP contribution >= 0.6 is 0 Å². The zero-order valence-electron chi connectivity index (χ0n) is 17.3. The van der Waals surface area contributed by atoms with Crippen molar-refractivity contribution in [2.24, 2.45) is 0 Å². The number of aryl methyl sites for hydroxylation is 2. The van der Waals surface area contributed by atoms with Gasteiger partial charge in [0.2, 0.25) is 0 Å². The predicted octanol–water partition coefficient (Wildman–Crippen LogP) is 2.54. The number of amides is 2. The SMILES string of the molecule is Cc1noc(C)c1C(=O)N1CCOC2(C1)C(=O)N(C(C)C)CC2c1ccccc1. The van der Waals surface area contributed by atoms with Crippen LogP contribution in [0.1, 0.15) is 47.1 Å². The van der Waals surface area contributed by atoms with E-state index in [1.54, 1.807) is 18.7 Å². The lowest BCUT2D eigenvalue weighted by Gasteiger charge is -2.42. The van der Waals surface area contributed by atoms with Gasteiger partial charge >= 0.3 is 0 Å². The van der Waals surface area contributed by atoms with E-state index in [-0.39, 0.29) is 30.3 Å². The third-order valence-electron chi connectivity index (χ3n) is 6.07. The molecule has 0 saturated carbocycles. The smallest absolute Gasteiger partial charge is 0.259 e. The van der Waals surface area contributed by atoms with Crippen molar-refractivity contribution in [2.45, 2.75) is 45.3 Å². The normalized spacial score (nSPS) is 24.7. The summed E-state index contributed by atoms with van der Waals surface area (Å²) in [6.07, 6.45) is 0. The van der Waals surface area contributed by atoms with Crippen molar-refractivity contribution in [3.8, 4) is 0 Å². The van der Waals surface area contributed by atoms with E-state index in [4.69, 9.17) is 9.26 Å². The molecule has 2 aliphatic heterocycles. The van der Waals surface area contributed by atoms with Gasteiger partial charge < -0.3 is 19.1 Å². The summed E-state index contributed by atoms with van der Waals surface area (Å²) in [6.45, 7) is 9.05. The summed E-state index contributed by atoms with van der Waals surface area (Å²) in [6, 6.07) is 10.0. The molecule has 1 aromatic carbocycles. The van der Waals surface area contributed by atoms with Crippen LogP contribution in [0.2, 0.25) is 0 Å². The zero-order chi connectivity index (χ0) is 20.8. The molecule has 2 amide bonds. The average molecular weight is 397 g/mol. The van der Waals surface area contributed by atoms with Crippen LogP contribution in [0.25, 0.3) is 0 Å². The number of ether oxygens (including phenoxy) is 1. The predicted molar refractivity (Wildman–Crippen MR) is 107 cm³/mol. The first-order valence-corrected chi connectivity index (χ1v) is 10.1. The minimum absolute atomic E-state index is 0.0439. The maximum atomic E-state index is 13.5. The summed E-state index contributed by atoms with van der Waals surface area (Å²) in [5.41, 5.74) is 1.02. The highest BCUT2D eigenvalue weighted by Crippen LogP contribution is 2.43. The third-order valence-corrected chi connectivity index (χ3v) is 6.07. The number of carbonyl (C=O) groups excluding carboxylic acids is 2. The lowest BCUT2D eigenvalue weighted by Crippen LogP contribution is -2.59. The highest BCUT2D eigenvalue weighted by molar-refractivity contribution is 5.97. The molecule has 2 atom stereocenters. The second-order valence-electron chi connectivity index (χ2n) is 8.18. The van der Waals surface area contributed by atoms with Gasteiger partial charge in [-0.2, -0.15) is 0 Å². The third kappa shape index (κ3) is 3.13. The van der Waals surface area contributed by atoms with Crippen LogP contribution in [0.3, 0.4) is 0 Å². The van der Waals surface area contributed by atoms with Crippen LogP contribution < -0.4 is 0 Å². The second kappa shape index (κ2) is 7.30. The van der Waals surface area contributed by atoms with E-state index in [1.165, 1.54) is 0 Å². The summed E-state index contributed by atoms with van der Waals surface area (Å²) in [7, 11) is 0. The van der Waals surface area contributed by atoms with Crippen molar-refractivity contribution >= 4 is 11.8 Å². The van der Waals surface area contributed by atoms with Crippen LogP contribution in [0, 0.1) is 13.8 Å². The Balaban J connectivity index is 1.71. The van der Waals surface area contributed by atoms with Crippen molar-refractivity contribution in [3.05, 3.63) is 52.9 Å². The summed E-state index contributed by atoms with van der Waals surface area (Å²) >= 11 is 0. The monoisotopic (exact) mass is 397 g/mol. The molecular weight excluding hydrogens is 370 g/mol. The molecule has 2 aromatic rings. The lowest BCUT2D eigenvalue weighted by atomic mass is 9.83. The van der Waals surface area contributed by atoms with E-state index >= 15 is 0 Å². The minimum atomic E-state index is -1.07. The molecule has 2 aliphatic rings. The van der Waals surface area contributed by atoms with Crippen LogP contribution in [-0.2, 0) is 9.53 Å². The molecule has 2 fully saturated rings. The number of benzene rings is 1. The Morgan fingerprint density at radius 3 is 2.59 bits per heavy atom. The fourth-order valence-electron chi connectivity index (χ4n) is 4.53. The first-order chi connectivity index (χ1) is 13.8. The van der Waals surface area contributed by atoms with Crippen LogP contribution in [0.4, 0.5) is 0 Å². The van der Waals surface area contributed by atoms with Gasteiger partial charge in [-0.15, -0.1) is 0 Å². The number of likely N-dealkylation sites (tertiary alicyclic amines) is 1. The van der Waals surface area contributed by atoms with E-state index in [2.05, 4.69) is 5.16 Å². The Morgan fingerprint density at radius 2 is 1.97 bits per heavy atom. The topological polar surface area (TPSA) is 75.9 Å². The number of hydrogen-bond acceptors (Lipinski definition) is 5. The number of rotatable bonds is 3. The number of aromatic nitrogens is 1. The highest BCUT2D eigenvalue weighted by Gasteiger charge is 2.58. The average Bonchev–Trinajstić information content (AvgIpc) is 3.19. The summed E-state index contributed by atoms with van der Waals surface area (Å²) in [4.78, 5) is 30.4. The Morgan fingerprint density at radius 1 is 1.24 bits per heavy atom. The Labute approximate surface area is 170 Å². The standard InChI is InChI=1S/C22H27N3O4/c1-14(2)25-12-18(17-8-6-5-7-9-17)22(21(25)27)13-24(10-11-28-22)20(26)19-15(3)23-29-16(19)4/h5-9,14,18H,10-13H2,1-4H3. The van der Waals surface area contributed by atoms with Crippen molar-refractivity contribution in [2.75, 3.05) is 26.2 Å². The number of hydrogen-bond donors (Lipinski definition) is 0. The molecule has 2 saturated heterocycles. The van der Waals surface area contributed by atoms with Gasteiger partial charge in [-0.1, -0.05) is 35.5 Å². The highest BCUT2D eigenvalue weighted by atomic mass is 16.5. The molecule has 0 bridgehead atoms. The summed E-state index contributed by atoms with van der Waals surface area (Å²) < 4.78 is 11.4. The fraction of sp³-hybridized carbons (Fsp3) is 0.500. The van der Waals surface area contributed by atoms with Gasteiger partial charge in [0.05, 0.1) is 18.8 Å². The molecule has 0 N–H and O–H groups in total. The fourth-order valence-corrected chi connectivity index (χ4v) is 4.53. The zero-order valence-corrected chi connectivity index (χ0v) is 17.3. The first-order valence-electron chi connectivity index (χ1n) is 10.1. The van der Waals surface area contributed by atoms with Gasteiger partial charge in [0, 0.05) is 25.0 Å². The van der Waals surface area contributed by atoms with E-state index in [1.807, 2.05) is 49.1 Å². The molecule has 7 heteroatoms. The van der Waals surface area contributed by atoms with Crippen molar-refractivity contribution in [1.82, 2.24) is 15.0 Å². The quantitative estimate of drug-likeness (QED) is 0.796. The summed E-state index contributed by atoms with van der Waals surface area (Å²) in [5, 5.41) is 3.90. The van der Waals surface area contributed by atoms with E-state index in [0.717, 1.165) is 5.56 Å². The van der Waals surface area contributed by atoms with Gasteiger partial charge in [-0.05, 0) is 33.3 Å². The number of morpholine rings is 1. The number of nitrogens with zero attached hydrogens (tertiary/aromatic N) is 3. The van der Waals surface area contributed by atoms with Crippen LogP contribution in [-0.4, -0.2) is 64.7 Å².